The highest BCUT2D eigenvalue weighted by Crippen LogP contribution is 2.24. The first kappa shape index (κ1) is 15.5. The minimum atomic E-state index is -0.795. The zero-order valence-corrected chi connectivity index (χ0v) is 13.2. The molecule has 2 heterocycles. The van der Waals surface area contributed by atoms with Crippen molar-refractivity contribution in [3.8, 4) is 0 Å². The van der Waals surface area contributed by atoms with Crippen LogP contribution in [-0.4, -0.2) is 20.4 Å². The van der Waals surface area contributed by atoms with Crippen LogP contribution in [0.1, 0.15) is 33.3 Å². The molecule has 0 spiro atoms. The van der Waals surface area contributed by atoms with Crippen LogP contribution in [0.15, 0.2) is 61.1 Å². The zero-order chi connectivity index (χ0) is 16.4. The van der Waals surface area contributed by atoms with Gasteiger partial charge in [-0.1, -0.05) is 11.6 Å². The van der Waals surface area contributed by atoms with Crippen molar-refractivity contribution in [2.45, 2.75) is 6.10 Å². The molecule has 0 bridgehead atoms. The van der Waals surface area contributed by atoms with E-state index in [2.05, 4.69) is 4.98 Å². The third kappa shape index (κ3) is 3.18. The number of nitrogens with zero attached hydrogens (tertiary/aromatic N) is 2. The fourth-order valence-electron chi connectivity index (χ4n) is 2.45. The van der Waals surface area contributed by atoms with Gasteiger partial charge in [0.25, 0.3) is 0 Å². The van der Waals surface area contributed by atoms with E-state index < -0.39 is 6.10 Å². The zero-order valence-electron chi connectivity index (χ0n) is 12.5. The number of halogens is 1. The monoisotopic (exact) mass is 326 g/mol. The van der Waals surface area contributed by atoms with E-state index in [1.54, 1.807) is 72.7 Å². The Morgan fingerprint density at radius 1 is 1.13 bits per heavy atom. The maximum absolute atomic E-state index is 12.6. The SMILES string of the molecule is Cn1cc(C(O)c2ccncc2)cc1C(=O)c1ccc(Cl)cc1. The van der Waals surface area contributed by atoms with Gasteiger partial charge < -0.3 is 9.67 Å². The molecule has 0 aliphatic heterocycles. The Labute approximate surface area is 139 Å². The van der Waals surface area contributed by atoms with Crippen molar-refractivity contribution in [3.63, 3.8) is 0 Å². The standard InChI is InChI=1S/C18H15ClN2O2/c1-21-11-14(17(22)13-6-8-20-9-7-13)10-16(21)18(23)12-2-4-15(19)5-3-12/h2-11,17,22H,1H3. The van der Waals surface area contributed by atoms with Gasteiger partial charge in [-0.15, -0.1) is 0 Å². The lowest BCUT2D eigenvalue weighted by Crippen LogP contribution is -2.06. The van der Waals surface area contributed by atoms with Gasteiger partial charge in [-0.3, -0.25) is 9.78 Å². The van der Waals surface area contributed by atoms with Crippen LogP contribution in [-0.2, 0) is 7.05 Å². The van der Waals surface area contributed by atoms with Gasteiger partial charge in [-0.25, -0.2) is 0 Å². The molecule has 1 aromatic carbocycles. The van der Waals surface area contributed by atoms with Crippen molar-refractivity contribution in [1.82, 2.24) is 9.55 Å². The van der Waals surface area contributed by atoms with E-state index >= 15 is 0 Å². The Morgan fingerprint density at radius 2 is 1.78 bits per heavy atom. The minimum absolute atomic E-state index is 0.114. The van der Waals surface area contributed by atoms with E-state index in [4.69, 9.17) is 11.6 Å². The molecule has 4 nitrogen and oxygen atoms in total. The second-order valence-corrected chi connectivity index (χ2v) is 5.73. The summed E-state index contributed by atoms with van der Waals surface area (Å²) >= 11 is 5.85. The summed E-state index contributed by atoms with van der Waals surface area (Å²) in [5.41, 5.74) is 2.46. The molecule has 116 valence electrons. The third-order valence-corrected chi connectivity index (χ3v) is 3.95. The number of hydrogen-bond acceptors (Lipinski definition) is 3. The molecule has 3 rings (SSSR count). The number of aryl methyl sites for hydroxylation is 1. The van der Waals surface area contributed by atoms with E-state index in [0.29, 0.717) is 21.8 Å². The molecule has 1 N–H and O–H groups in total. The van der Waals surface area contributed by atoms with Crippen molar-refractivity contribution in [2.75, 3.05) is 0 Å². The summed E-state index contributed by atoms with van der Waals surface area (Å²) in [5.74, 6) is -0.114. The van der Waals surface area contributed by atoms with Crippen LogP contribution in [0.2, 0.25) is 5.02 Å². The Hall–Kier alpha value is -2.43. The fourth-order valence-corrected chi connectivity index (χ4v) is 2.58. The Bertz CT molecular complexity index is 826. The van der Waals surface area contributed by atoms with Crippen LogP contribution in [0, 0.1) is 0 Å². The Balaban J connectivity index is 1.92. The third-order valence-electron chi connectivity index (χ3n) is 3.70. The summed E-state index contributed by atoms with van der Waals surface area (Å²) in [6.07, 6.45) is 4.22. The number of benzene rings is 1. The average molecular weight is 327 g/mol. The smallest absolute Gasteiger partial charge is 0.209 e. The van der Waals surface area contributed by atoms with Gasteiger partial charge in [0.15, 0.2) is 0 Å². The molecule has 2 aromatic heterocycles. The van der Waals surface area contributed by atoms with E-state index in [-0.39, 0.29) is 5.78 Å². The number of ketones is 1. The number of carbonyl (C=O) groups excluding carboxylic acids is 1. The average Bonchev–Trinajstić information content (AvgIpc) is 2.97. The van der Waals surface area contributed by atoms with Gasteiger partial charge in [-0.05, 0) is 48.0 Å². The maximum Gasteiger partial charge on any atom is 0.209 e. The van der Waals surface area contributed by atoms with Gasteiger partial charge in [0.2, 0.25) is 5.78 Å². The van der Waals surface area contributed by atoms with Gasteiger partial charge in [0.05, 0.1) is 5.69 Å². The molecule has 3 aromatic rings. The molecule has 0 radical (unpaired) electrons. The van der Waals surface area contributed by atoms with Crippen LogP contribution in [0.4, 0.5) is 0 Å². The molecular weight excluding hydrogens is 312 g/mol. The molecule has 1 atom stereocenters. The van der Waals surface area contributed by atoms with Gasteiger partial charge in [-0.2, -0.15) is 0 Å². The fraction of sp³-hybridized carbons (Fsp3) is 0.111. The quantitative estimate of drug-likeness (QED) is 0.748. The molecule has 23 heavy (non-hydrogen) atoms. The minimum Gasteiger partial charge on any atom is -0.384 e. The number of rotatable bonds is 4. The lowest BCUT2D eigenvalue weighted by Gasteiger charge is -2.07. The Kier molecular flexibility index (Phi) is 4.28. The van der Waals surface area contributed by atoms with Gasteiger partial charge in [0.1, 0.15) is 6.10 Å². The summed E-state index contributed by atoms with van der Waals surface area (Å²) < 4.78 is 1.72. The topological polar surface area (TPSA) is 55.1 Å². The number of carbonyl (C=O) groups is 1. The molecule has 0 amide bonds. The number of aromatic nitrogens is 2. The molecular formula is C18H15ClN2O2. The van der Waals surface area contributed by atoms with Crippen LogP contribution in [0.5, 0.6) is 0 Å². The van der Waals surface area contributed by atoms with Crippen LogP contribution in [0.25, 0.3) is 0 Å². The summed E-state index contributed by atoms with van der Waals surface area (Å²) in [6.45, 7) is 0. The predicted octanol–water partition coefficient (Wildman–Crippen LogP) is 3.39. The van der Waals surface area contributed by atoms with Crippen LogP contribution in [0.3, 0.4) is 0 Å². The highest BCUT2D eigenvalue weighted by Gasteiger charge is 2.18. The van der Waals surface area contributed by atoms with Crippen LogP contribution < -0.4 is 0 Å². The van der Waals surface area contributed by atoms with E-state index in [1.165, 1.54) is 0 Å². The number of pyridine rings is 1. The molecule has 5 heteroatoms. The Morgan fingerprint density at radius 3 is 2.43 bits per heavy atom. The largest absolute Gasteiger partial charge is 0.384 e. The molecule has 0 saturated heterocycles. The second-order valence-electron chi connectivity index (χ2n) is 5.29. The summed E-state index contributed by atoms with van der Waals surface area (Å²) in [6, 6.07) is 12.0. The molecule has 1 unspecified atom stereocenters. The maximum atomic E-state index is 12.6. The molecule has 0 fully saturated rings. The molecule has 0 aliphatic carbocycles. The van der Waals surface area contributed by atoms with E-state index in [9.17, 15) is 9.90 Å². The van der Waals surface area contributed by atoms with Crippen LogP contribution >= 0.6 is 11.6 Å². The van der Waals surface area contributed by atoms with Crippen molar-refractivity contribution in [1.29, 1.82) is 0 Å². The van der Waals surface area contributed by atoms with E-state index in [1.807, 2.05) is 0 Å². The van der Waals surface area contributed by atoms with E-state index in [0.717, 1.165) is 5.56 Å². The number of aliphatic hydroxyl groups excluding tert-OH is 1. The first-order valence-corrected chi connectivity index (χ1v) is 7.48. The highest BCUT2D eigenvalue weighted by atomic mass is 35.5. The second kappa shape index (κ2) is 6.36. The number of hydrogen-bond donors (Lipinski definition) is 1. The molecule has 0 saturated carbocycles. The lowest BCUT2D eigenvalue weighted by molar-refractivity contribution is 0.103. The van der Waals surface area contributed by atoms with Crippen molar-refractivity contribution < 1.29 is 9.90 Å². The molecule has 0 aliphatic rings. The first-order valence-electron chi connectivity index (χ1n) is 7.11. The summed E-state index contributed by atoms with van der Waals surface area (Å²) in [5, 5.41) is 11.0. The van der Waals surface area contributed by atoms with Gasteiger partial charge in [0, 0.05) is 41.8 Å². The highest BCUT2D eigenvalue weighted by molar-refractivity contribution is 6.30. The van der Waals surface area contributed by atoms with Crippen molar-refractivity contribution in [3.05, 3.63) is 88.5 Å². The van der Waals surface area contributed by atoms with Crippen molar-refractivity contribution in [2.24, 2.45) is 7.05 Å². The summed E-state index contributed by atoms with van der Waals surface area (Å²) in [7, 11) is 1.78. The van der Waals surface area contributed by atoms with Crippen molar-refractivity contribution >= 4 is 17.4 Å². The summed E-state index contributed by atoms with van der Waals surface area (Å²) in [4.78, 5) is 16.5. The lowest BCUT2D eigenvalue weighted by atomic mass is 10.0. The number of aliphatic hydroxyl groups is 1. The predicted molar refractivity (Wildman–Crippen MR) is 88.6 cm³/mol. The van der Waals surface area contributed by atoms with Gasteiger partial charge >= 0.3 is 0 Å². The normalized spacial score (nSPS) is 12.1. The first-order chi connectivity index (χ1) is 11.1.